The van der Waals surface area contributed by atoms with Gasteiger partial charge in [0, 0.05) is 111 Å². The Morgan fingerprint density at radius 1 is 0.955 bits per heavy atom. The van der Waals surface area contributed by atoms with Gasteiger partial charge in [0.15, 0.2) is 22.3 Å². The Kier molecular flexibility index (Phi) is 14.2. The number of fused-ring (bicyclic) bond motifs is 2. The van der Waals surface area contributed by atoms with Crippen LogP contribution in [0.2, 0.25) is 0 Å². The third-order valence-electron chi connectivity index (χ3n) is 13.9. The van der Waals surface area contributed by atoms with Crippen LogP contribution in [-0.2, 0) is 19.1 Å². The van der Waals surface area contributed by atoms with Crippen LogP contribution in [-0.4, -0.2) is 124 Å². The van der Waals surface area contributed by atoms with Crippen molar-refractivity contribution in [3.05, 3.63) is 79.3 Å². The van der Waals surface area contributed by atoms with Crippen LogP contribution in [0.25, 0.3) is 38.7 Å². The summed E-state index contributed by atoms with van der Waals surface area (Å²) in [5, 5.41) is 59.1. The van der Waals surface area contributed by atoms with Crippen molar-refractivity contribution in [1.82, 2.24) is 9.88 Å². The number of aliphatic hydroxyl groups excluding tert-OH is 4. The topological polar surface area (TPSA) is 242 Å². The second-order valence-electron chi connectivity index (χ2n) is 18.6. The van der Waals surface area contributed by atoms with Gasteiger partial charge >= 0.3 is 5.97 Å². The summed E-state index contributed by atoms with van der Waals surface area (Å²) in [5.74, 6) is -4.43. The molecule has 67 heavy (non-hydrogen) atoms. The zero-order valence-electron chi connectivity index (χ0n) is 39.5. The molecular formula is C50H62N4O13. The molecule has 4 heterocycles. The number of hydrogen-bond donors (Lipinski definition) is 6. The Morgan fingerprint density at radius 3 is 2.31 bits per heavy atom. The van der Waals surface area contributed by atoms with Gasteiger partial charge < -0.3 is 54.4 Å². The second kappa shape index (κ2) is 19.4. The molecule has 1 fully saturated rings. The zero-order valence-corrected chi connectivity index (χ0v) is 39.5. The first kappa shape index (κ1) is 49.1. The lowest BCUT2D eigenvalue weighted by molar-refractivity contribution is -0.160. The molecule has 3 aliphatic heterocycles. The average Bonchev–Trinajstić information content (AvgIpc) is 3.56. The Bertz CT molecular complexity index is 2870. The smallest absolute Gasteiger partial charge is 0.302 e. The highest BCUT2D eigenvalue weighted by atomic mass is 16.5. The molecule has 0 saturated carbocycles. The van der Waals surface area contributed by atoms with Crippen LogP contribution in [0.3, 0.4) is 0 Å². The van der Waals surface area contributed by atoms with E-state index < -0.39 is 82.2 Å². The van der Waals surface area contributed by atoms with Crippen LogP contribution in [0, 0.1) is 30.6 Å². The summed E-state index contributed by atoms with van der Waals surface area (Å²) in [5.41, 5.74) is -2.77. The quantitative estimate of drug-likeness (QED) is 0.0714. The average molecular weight is 927 g/mol. The van der Waals surface area contributed by atoms with Gasteiger partial charge in [-0.15, -0.1) is 0 Å². The summed E-state index contributed by atoms with van der Waals surface area (Å²) in [6.07, 6.45) is 4.50. The highest BCUT2D eigenvalue weighted by Gasteiger charge is 2.42. The van der Waals surface area contributed by atoms with E-state index in [4.69, 9.17) is 23.6 Å². The van der Waals surface area contributed by atoms with Gasteiger partial charge in [-0.05, 0) is 20.8 Å². The molecule has 17 heteroatoms. The number of carbonyl (C=O) groups is 2. The maximum atomic E-state index is 14.9. The van der Waals surface area contributed by atoms with E-state index in [9.17, 15) is 44.7 Å². The summed E-state index contributed by atoms with van der Waals surface area (Å²) >= 11 is 0. The van der Waals surface area contributed by atoms with Gasteiger partial charge in [-0.1, -0.05) is 58.1 Å². The first-order valence-electron chi connectivity index (χ1n) is 22.8. The number of nitrogens with one attached hydrogen (secondary N) is 1. The Labute approximate surface area is 387 Å². The molecule has 9 atom stereocenters. The fraction of sp³-hybridized carbons (Fsp3) is 0.500. The summed E-state index contributed by atoms with van der Waals surface area (Å²) in [6.45, 7) is 16.0. The predicted octanol–water partition coefficient (Wildman–Crippen LogP) is 4.13. The molecule has 0 aliphatic carbocycles. The number of allylic oxidation sites excluding steroid dienone is 2. The highest BCUT2D eigenvalue weighted by Crippen LogP contribution is 2.43. The number of benzene rings is 3. The third-order valence-corrected chi connectivity index (χ3v) is 13.9. The summed E-state index contributed by atoms with van der Waals surface area (Å²) in [7, 11) is 1.49. The van der Waals surface area contributed by atoms with E-state index in [1.807, 2.05) is 11.8 Å². The monoisotopic (exact) mass is 926 g/mol. The van der Waals surface area contributed by atoms with Gasteiger partial charge in [-0.2, -0.15) is 0 Å². The number of β-amino-alcohol motifs (C(OH)–C–C–N with tert-alkyl or cyclic N) is 1. The molecular weight excluding hydrogens is 865 g/mol. The molecule has 1 saturated heterocycles. The molecule has 17 nitrogen and oxygen atoms in total. The van der Waals surface area contributed by atoms with Crippen molar-refractivity contribution in [2.45, 2.75) is 91.8 Å². The maximum absolute atomic E-state index is 14.9. The number of phenolic OH excluding ortho intramolecular Hbond substituents is 1. The molecule has 1 aromatic heterocycles. The van der Waals surface area contributed by atoms with Crippen molar-refractivity contribution < 1.29 is 53.7 Å². The van der Waals surface area contributed by atoms with Crippen LogP contribution in [0.4, 0.5) is 11.4 Å². The van der Waals surface area contributed by atoms with Crippen LogP contribution in [0.15, 0.2) is 62.1 Å². The number of nitrogens with zero attached hydrogens (tertiary/aromatic N) is 3. The van der Waals surface area contributed by atoms with Gasteiger partial charge in [0.25, 0.3) is 5.91 Å². The van der Waals surface area contributed by atoms with Crippen LogP contribution >= 0.6 is 0 Å². The van der Waals surface area contributed by atoms with Crippen molar-refractivity contribution in [2.75, 3.05) is 56.7 Å². The molecule has 0 radical (unpaired) electrons. The lowest BCUT2D eigenvalue weighted by atomic mass is 9.78. The van der Waals surface area contributed by atoms with Gasteiger partial charge in [0.1, 0.15) is 34.6 Å². The molecule has 0 spiro atoms. The number of esters is 1. The standard InChI is InChI=1S/C50H62N4O13/c1-24-12-10-13-25(2)49(63)52-40-44(61)36-35(39-47(40)66-34-23-31(22-32(57)38(34)51-39)54-18-16-53(17-19-54)20-21-55)37-46(29(6)43(36)60)67-50(8,48(37)62)15-11-14-33(64-9)26(3)45(65-30(7)56)28(5)42(59)27(4)41(24)58/h10-14,22-24,26-28,33,41-42,45,55,58-60,62H,15-21H2,1-9H3,(H,52,63)/b12-10+,14-11+,25-13-/t24-,26+,27+,28+,33-,41-,42+,45+,50+/m0/s1. The number of rotatable bonds is 5. The number of carbonyl (C=O) groups excluding carboxylic acids is 2. The number of aromatic nitrogens is 1. The normalized spacial score (nSPS) is 29.8. The number of ether oxygens (including phenoxy) is 3. The Morgan fingerprint density at radius 2 is 1.66 bits per heavy atom. The molecule has 3 aliphatic rings. The van der Waals surface area contributed by atoms with E-state index >= 15 is 0 Å². The molecule has 1 amide bonds. The number of piperazine rings is 1. The summed E-state index contributed by atoms with van der Waals surface area (Å²) < 4.78 is 24.7. The van der Waals surface area contributed by atoms with Crippen molar-refractivity contribution in [3.8, 4) is 11.5 Å². The minimum atomic E-state index is -1.49. The molecule has 0 unspecified atom stereocenters. The number of amides is 1. The molecule has 3 aromatic carbocycles. The van der Waals surface area contributed by atoms with E-state index in [0.29, 0.717) is 38.4 Å². The fourth-order valence-electron chi connectivity index (χ4n) is 9.74. The lowest BCUT2D eigenvalue weighted by Gasteiger charge is -2.38. The maximum Gasteiger partial charge on any atom is 0.302 e. The van der Waals surface area contributed by atoms with Gasteiger partial charge in [0.05, 0.1) is 35.5 Å². The highest BCUT2D eigenvalue weighted by molar-refractivity contribution is 6.17. The number of methoxy groups -OCH3 is 1. The number of anilines is 2. The lowest BCUT2D eigenvalue weighted by Crippen LogP contribution is -2.47. The van der Waals surface area contributed by atoms with Crippen LogP contribution < -0.4 is 31.0 Å². The van der Waals surface area contributed by atoms with E-state index in [1.54, 1.807) is 58.1 Å². The Hall–Kier alpha value is -5.85. The zero-order chi connectivity index (χ0) is 48.8. The SMILES string of the molecule is CO[C@H]1/C=C/C[C@@]2(C)Oc3c(C)c(O)c4c(=O)c(c5oc6cc(N7CCN(CCO)CC7)cc(=O)c6nc5c4c3=C2O)NC(=O)/C(C)=C\C=C\[C@H](C)[C@H](O)[C@@H](C)[C@@H](O)[C@@H](C)[C@H](OC(C)=O)[C@@H]1C. The molecule has 4 bridgehead atoms. The number of phenols is 1. The predicted molar refractivity (Wildman–Crippen MR) is 254 cm³/mol. The van der Waals surface area contributed by atoms with E-state index in [0.717, 1.165) is 0 Å². The number of aromatic hydroxyl groups is 1. The first-order valence-corrected chi connectivity index (χ1v) is 22.8. The van der Waals surface area contributed by atoms with Crippen molar-refractivity contribution in [3.63, 3.8) is 0 Å². The summed E-state index contributed by atoms with van der Waals surface area (Å²) in [6, 6.07) is 3.09. The van der Waals surface area contributed by atoms with Crippen LogP contribution in [0.1, 0.15) is 60.5 Å². The van der Waals surface area contributed by atoms with Crippen molar-refractivity contribution >= 4 is 62.0 Å². The van der Waals surface area contributed by atoms with E-state index in [1.165, 1.54) is 40.0 Å². The minimum absolute atomic E-state index is 0.0250. The molecule has 6 N–H and O–H groups in total. The number of aliphatic hydroxyl groups is 4. The van der Waals surface area contributed by atoms with Gasteiger partial charge in [-0.3, -0.25) is 24.1 Å². The second-order valence-corrected chi connectivity index (χ2v) is 18.6. The minimum Gasteiger partial charge on any atom is -0.507 e. The van der Waals surface area contributed by atoms with Gasteiger partial charge in [-0.25, -0.2) is 4.98 Å². The van der Waals surface area contributed by atoms with Crippen LogP contribution in [0.5, 0.6) is 11.5 Å². The van der Waals surface area contributed by atoms with E-state index in [2.05, 4.69) is 10.2 Å². The summed E-state index contributed by atoms with van der Waals surface area (Å²) in [4.78, 5) is 64.3. The molecule has 360 valence electrons. The first-order chi connectivity index (χ1) is 31.7. The number of hydrogen-bond acceptors (Lipinski definition) is 16. The van der Waals surface area contributed by atoms with Gasteiger partial charge in [0.2, 0.25) is 10.9 Å². The van der Waals surface area contributed by atoms with E-state index in [-0.39, 0.29) is 79.6 Å². The van der Waals surface area contributed by atoms with Crippen molar-refractivity contribution in [2.24, 2.45) is 23.7 Å². The third kappa shape index (κ3) is 9.14. The Balaban J connectivity index is 1.46. The molecule has 7 rings (SSSR count). The largest absolute Gasteiger partial charge is 0.507 e. The van der Waals surface area contributed by atoms with Crippen molar-refractivity contribution in [1.29, 1.82) is 0 Å². The molecule has 4 aromatic rings. The fourth-order valence-corrected chi connectivity index (χ4v) is 9.74.